The van der Waals surface area contributed by atoms with Crippen molar-refractivity contribution in [2.24, 2.45) is 11.8 Å². The van der Waals surface area contributed by atoms with Crippen LogP contribution in [0, 0.1) is 11.8 Å². The maximum Gasteiger partial charge on any atom is 0.321 e. The third kappa shape index (κ3) is 5.62. The first-order valence-electron chi connectivity index (χ1n) is 8.59. The van der Waals surface area contributed by atoms with Crippen molar-refractivity contribution < 1.29 is 23.1 Å². The average Bonchev–Trinajstić information content (AvgIpc) is 2.53. The molecule has 0 bridgehead atoms. The highest BCUT2D eigenvalue weighted by Crippen LogP contribution is 2.23. The van der Waals surface area contributed by atoms with E-state index in [-0.39, 0.29) is 18.2 Å². The molecule has 2 atom stereocenters. The number of rotatable bonds is 6. The number of hydrogen-bond donors (Lipinski definition) is 3. The van der Waals surface area contributed by atoms with Gasteiger partial charge in [-0.1, -0.05) is 19.9 Å². The molecule has 2 unspecified atom stereocenters. The number of hydrogen-bond acceptors (Lipinski definition) is 4. The summed E-state index contributed by atoms with van der Waals surface area (Å²) in [4.78, 5) is 25.2. The van der Waals surface area contributed by atoms with E-state index >= 15 is 0 Å². The van der Waals surface area contributed by atoms with Crippen LogP contribution in [0.3, 0.4) is 0 Å². The number of amides is 2. The molecular formula is C17H25N3O5S. The molecule has 1 aromatic rings. The number of carbonyl (C=O) groups is 2. The molecule has 144 valence electrons. The zero-order valence-electron chi connectivity index (χ0n) is 14.9. The van der Waals surface area contributed by atoms with E-state index in [1.165, 1.54) is 11.0 Å². The number of piperidine rings is 1. The lowest BCUT2D eigenvalue weighted by Gasteiger charge is -2.34. The summed E-state index contributed by atoms with van der Waals surface area (Å²) in [5.74, 6) is -1.35. The molecule has 3 N–H and O–H groups in total. The zero-order valence-corrected chi connectivity index (χ0v) is 15.8. The monoisotopic (exact) mass is 383 g/mol. The molecule has 0 spiro atoms. The maximum atomic E-state index is 12.5. The molecule has 1 aliphatic rings. The molecule has 9 heteroatoms. The molecule has 8 nitrogen and oxygen atoms in total. The fourth-order valence-corrected chi connectivity index (χ4v) is 4.18. The first-order valence-corrected chi connectivity index (χ1v) is 10.2. The van der Waals surface area contributed by atoms with Gasteiger partial charge in [0.25, 0.3) is 0 Å². The normalized spacial score (nSPS) is 20.5. The van der Waals surface area contributed by atoms with E-state index in [4.69, 9.17) is 0 Å². The Labute approximate surface area is 153 Å². The SMILES string of the molecule is CCCS(=O)(=O)Nc1cccc(NC(=O)N2CC(C)CC(C(=O)O)C2)c1. The molecule has 2 rings (SSSR count). The molecule has 1 fully saturated rings. The molecule has 1 saturated heterocycles. The van der Waals surface area contributed by atoms with Gasteiger partial charge in [-0.25, -0.2) is 13.2 Å². The number of carbonyl (C=O) groups excluding carboxylic acids is 1. The van der Waals surface area contributed by atoms with E-state index in [1.807, 2.05) is 6.92 Å². The first-order chi connectivity index (χ1) is 12.2. The smallest absolute Gasteiger partial charge is 0.321 e. The van der Waals surface area contributed by atoms with Crippen molar-refractivity contribution >= 4 is 33.4 Å². The van der Waals surface area contributed by atoms with Gasteiger partial charge in [-0.15, -0.1) is 0 Å². The lowest BCUT2D eigenvalue weighted by atomic mass is 9.91. The minimum Gasteiger partial charge on any atom is -0.481 e. The number of likely N-dealkylation sites (tertiary alicyclic amines) is 1. The van der Waals surface area contributed by atoms with Gasteiger partial charge in [-0.05, 0) is 37.0 Å². The number of nitrogens with zero attached hydrogens (tertiary/aromatic N) is 1. The predicted molar refractivity (Wildman–Crippen MR) is 99.6 cm³/mol. The van der Waals surface area contributed by atoms with E-state index in [9.17, 15) is 23.1 Å². The molecule has 0 saturated carbocycles. The molecule has 1 aromatic carbocycles. The highest BCUT2D eigenvalue weighted by molar-refractivity contribution is 7.92. The standard InChI is InChI=1S/C17H25N3O5S/c1-3-7-26(24,25)19-15-6-4-5-14(9-15)18-17(23)20-10-12(2)8-13(11-20)16(21)22/h4-6,9,12-13,19H,3,7-8,10-11H2,1-2H3,(H,18,23)(H,21,22). The summed E-state index contributed by atoms with van der Waals surface area (Å²) >= 11 is 0. The molecule has 2 amide bonds. The Morgan fingerprint density at radius 1 is 1.27 bits per heavy atom. The van der Waals surface area contributed by atoms with Crippen molar-refractivity contribution in [2.45, 2.75) is 26.7 Å². The van der Waals surface area contributed by atoms with Crippen molar-refractivity contribution in [3.05, 3.63) is 24.3 Å². The third-order valence-electron chi connectivity index (χ3n) is 4.16. The number of nitrogens with one attached hydrogen (secondary N) is 2. The second-order valence-electron chi connectivity index (χ2n) is 6.71. The van der Waals surface area contributed by atoms with Crippen LogP contribution < -0.4 is 10.0 Å². The Balaban J connectivity index is 2.05. The summed E-state index contributed by atoms with van der Waals surface area (Å²) in [6.45, 7) is 4.34. The van der Waals surface area contributed by atoms with Gasteiger partial charge < -0.3 is 15.3 Å². The van der Waals surface area contributed by atoms with Crippen molar-refractivity contribution in [3.63, 3.8) is 0 Å². The average molecular weight is 383 g/mol. The highest BCUT2D eigenvalue weighted by atomic mass is 32.2. The van der Waals surface area contributed by atoms with Crippen LogP contribution in [0.5, 0.6) is 0 Å². The summed E-state index contributed by atoms with van der Waals surface area (Å²) in [5, 5.41) is 11.9. The second kappa shape index (κ2) is 8.39. The number of carboxylic acids is 1. The van der Waals surface area contributed by atoms with E-state index in [1.54, 1.807) is 25.1 Å². The van der Waals surface area contributed by atoms with Gasteiger partial charge in [-0.2, -0.15) is 0 Å². The fraction of sp³-hybridized carbons (Fsp3) is 0.529. The first kappa shape index (κ1) is 20.0. The fourth-order valence-electron chi connectivity index (χ4n) is 3.06. The van der Waals surface area contributed by atoms with Gasteiger partial charge >= 0.3 is 12.0 Å². The minimum absolute atomic E-state index is 0.0197. The minimum atomic E-state index is -3.41. The van der Waals surface area contributed by atoms with E-state index in [0.29, 0.717) is 30.8 Å². The molecule has 26 heavy (non-hydrogen) atoms. The lowest BCUT2D eigenvalue weighted by molar-refractivity contribution is -0.143. The maximum absolute atomic E-state index is 12.5. The topological polar surface area (TPSA) is 116 Å². The molecule has 1 aliphatic heterocycles. The molecule has 0 radical (unpaired) electrons. The zero-order chi connectivity index (χ0) is 19.3. The lowest BCUT2D eigenvalue weighted by Crippen LogP contribution is -2.47. The highest BCUT2D eigenvalue weighted by Gasteiger charge is 2.31. The summed E-state index contributed by atoms with van der Waals surface area (Å²) < 4.78 is 26.2. The van der Waals surface area contributed by atoms with E-state index in [0.717, 1.165) is 0 Å². The molecular weight excluding hydrogens is 358 g/mol. The van der Waals surface area contributed by atoms with Crippen molar-refractivity contribution in [1.82, 2.24) is 4.90 Å². The van der Waals surface area contributed by atoms with Crippen molar-refractivity contribution in [2.75, 3.05) is 28.9 Å². The van der Waals surface area contributed by atoms with Crippen molar-refractivity contribution in [3.8, 4) is 0 Å². The molecule has 0 aromatic heterocycles. The Morgan fingerprint density at radius 3 is 2.62 bits per heavy atom. The molecule has 1 heterocycles. The summed E-state index contributed by atoms with van der Waals surface area (Å²) in [6, 6.07) is 6.03. The Hall–Kier alpha value is -2.29. The number of urea groups is 1. The number of sulfonamides is 1. The number of aliphatic carboxylic acids is 1. The van der Waals surface area contributed by atoms with Crippen LogP contribution in [0.4, 0.5) is 16.2 Å². The van der Waals surface area contributed by atoms with Gasteiger partial charge in [0, 0.05) is 18.8 Å². The van der Waals surface area contributed by atoms with Crippen LogP contribution in [-0.4, -0.2) is 49.3 Å². The summed E-state index contributed by atoms with van der Waals surface area (Å²) in [7, 11) is -3.41. The van der Waals surface area contributed by atoms with Crippen LogP contribution in [-0.2, 0) is 14.8 Å². The number of carboxylic acid groups (broad SMARTS) is 1. The van der Waals surface area contributed by atoms with Crippen LogP contribution in [0.15, 0.2) is 24.3 Å². The predicted octanol–water partition coefficient (Wildman–Crippen LogP) is 2.41. The molecule has 0 aliphatic carbocycles. The van der Waals surface area contributed by atoms with Gasteiger partial charge in [0.15, 0.2) is 0 Å². The Bertz CT molecular complexity index is 765. The number of benzene rings is 1. The summed E-state index contributed by atoms with van der Waals surface area (Å²) in [5.41, 5.74) is 0.809. The van der Waals surface area contributed by atoms with E-state index < -0.39 is 27.9 Å². The summed E-state index contributed by atoms with van der Waals surface area (Å²) in [6.07, 6.45) is 1.05. The van der Waals surface area contributed by atoms with Gasteiger partial charge in [0.2, 0.25) is 10.0 Å². The van der Waals surface area contributed by atoms with Crippen LogP contribution in [0.25, 0.3) is 0 Å². The quantitative estimate of drug-likeness (QED) is 0.698. The third-order valence-corrected chi connectivity index (χ3v) is 5.65. The Morgan fingerprint density at radius 2 is 1.96 bits per heavy atom. The largest absolute Gasteiger partial charge is 0.481 e. The Kier molecular flexibility index (Phi) is 6.47. The van der Waals surface area contributed by atoms with E-state index in [2.05, 4.69) is 10.0 Å². The van der Waals surface area contributed by atoms with Gasteiger partial charge in [0.05, 0.1) is 17.4 Å². The van der Waals surface area contributed by atoms with Crippen LogP contribution in [0.1, 0.15) is 26.7 Å². The number of anilines is 2. The van der Waals surface area contributed by atoms with Crippen molar-refractivity contribution in [1.29, 1.82) is 0 Å². The van der Waals surface area contributed by atoms with Crippen LogP contribution in [0.2, 0.25) is 0 Å². The van der Waals surface area contributed by atoms with Gasteiger partial charge in [-0.3, -0.25) is 9.52 Å². The second-order valence-corrected chi connectivity index (χ2v) is 8.55. The van der Waals surface area contributed by atoms with Crippen LogP contribution >= 0.6 is 0 Å². The van der Waals surface area contributed by atoms with Gasteiger partial charge in [0.1, 0.15) is 0 Å².